The van der Waals surface area contributed by atoms with Crippen LogP contribution in [-0.4, -0.2) is 15.7 Å². The molecule has 1 atom stereocenters. The Kier molecular flexibility index (Phi) is 7.20. The molecule has 5 nitrogen and oxygen atoms in total. The first kappa shape index (κ1) is 20.5. The van der Waals surface area contributed by atoms with Crippen molar-refractivity contribution in [2.24, 2.45) is 0 Å². The lowest BCUT2D eigenvalue weighted by Gasteiger charge is -2.32. The topological polar surface area (TPSA) is 63.5 Å². The quantitative estimate of drug-likeness (QED) is 0.265. The first-order valence-corrected chi connectivity index (χ1v) is 11.3. The number of benzene rings is 2. The van der Waals surface area contributed by atoms with Crippen LogP contribution >= 0.6 is 0 Å². The summed E-state index contributed by atoms with van der Waals surface area (Å²) >= 11 is 0. The second-order valence-electron chi connectivity index (χ2n) is 7.27. The van der Waals surface area contributed by atoms with Crippen LogP contribution in [0.2, 0.25) is 0 Å². The molecular weight excluding hydrogens is 372 g/mol. The van der Waals surface area contributed by atoms with E-state index in [1.165, 1.54) is 50.7 Å². The van der Waals surface area contributed by atoms with E-state index in [1.54, 1.807) is 6.07 Å². The van der Waals surface area contributed by atoms with Crippen molar-refractivity contribution in [2.75, 3.05) is 11.4 Å². The Morgan fingerprint density at radius 3 is 2.25 bits per heavy atom. The lowest BCUT2D eigenvalue weighted by molar-refractivity contribution is -0.385. The van der Waals surface area contributed by atoms with Crippen molar-refractivity contribution in [1.82, 2.24) is 0 Å². The molecule has 0 aromatic heterocycles. The maximum Gasteiger partial charge on any atom is 0.270 e. The highest BCUT2D eigenvalue weighted by molar-refractivity contribution is 7.85. The van der Waals surface area contributed by atoms with E-state index in [9.17, 15) is 14.3 Å². The molecule has 0 bridgehead atoms. The molecule has 0 aliphatic carbocycles. The highest BCUT2D eigenvalue weighted by Crippen LogP contribution is 2.43. The number of para-hydroxylation sites is 1. The van der Waals surface area contributed by atoms with Gasteiger partial charge < -0.3 is 4.90 Å². The first-order valence-electron chi connectivity index (χ1n) is 10.2. The van der Waals surface area contributed by atoms with Crippen LogP contribution in [0.3, 0.4) is 0 Å². The molecule has 0 N–H and O–H groups in total. The van der Waals surface area contributed by atoms with Gasteiger partial charge in [0, 0.05) is 18.7 Å². The predicted octanol–water partition coefficient (Wildman–Crippen LogP) is 6.35. The Morgan fingerprint density at radius 1 is 0.893 bits per heavy atom. The molecule has 3 rings (SSSR count). The largest absolute Gasteiger partial charge is 0.339 e. The zero-order valence-corrected chi connectivity index (χ0v) is 17.2. The molecule has 0 fully saturated rings. The lowest BCUT2D eigenvalue weighted by atomic mass is 10.1. The molecule has 1 aliphatic rings. The smallest absolute Gasteiger partial charge is 0.270 e. The Balaban J connectivity index is 1.72. The zero-order valence-electron chi connectivity index (χ0n) is 16.4. The van der Waals surface area contributed by atoms with Crippen LogP contribution in [0, 0.1) is 10.1 Å². The minimum Gasteiger partial charge on any atom is -0.339 e. The molecule has 1 unspecified atom stereocenters. The lowest BCUT2D eigenvalue weighted by Crippen LogP contribution is -2.25. The van der Waals surface area contributed by atoms with Crippen LogP contribution < -0.4 is 4.90 Å². The number of hydrogen-bond acceptors (Lipinski definition) is 4. The van der Waals surface area contributed by atoms with Crippen molar-refractivity contribution < 1.29 is 9.13 Å². The van der Waals surface area contributed by atoms with Crippen molar-refractivity contribution >= 4 is 27.9 Å². The summed E-state index contributed by atoms with van der Waals surface area (Å²) in [6.07, 6.45) is 9.96. The Labute approximate surface area is 169 Å². The van der Waals surface area contributed by atoms with Crippen LogP contribution in [0.25, 0.3) is 0 Å². The Bertz CT molecular complexity index is 853. The van der Waals surface area contributed by atoms with E-state index in [2.05, 4.69) is 11.8 Å². The average Bonchev–Trinajstić information content (AvgIpc) is 2.71. The number of nitrogens with zero attached hydrogens (tertiary/aromatic N) is 2. The summed E-state index contributed by atoms with van der Waals surface area (Å²) in [5.41, 5.74) is 1.76. The van der Waals surface area contributed by atoms with Crippen molar-refractivity contribution in [1.29, 1.82) is 0 Å². The van der Waals surface area contributed by atoms with Gasteiger partial charge in [0.05, 0.1) is 36.9 Å². The molecule has 2 aromatic rings. The summed E-state index contributed by atoms with van der Waals surface area (Å²) in [5, 5.41) is 11.2. The summed E-state index contributed by atoms with van der Waals surface area (Å²) in [4.78, 5) is 14.2. The maximum absolute atomic E-state index is 13.0. The third-order valence-corrected chi connectivity index (χ3v) is 6.71. The second kappa shape index (κ2) is 9.82. The number of nitro groups is 1. The molecular formula is C22H28N2O3S. The highest BCUT2D eigenvalue weighted by Gasteiger charge is 2.29. The van der Waals surface area contributed by atoms with Crippen molar-refractivity contribution in [3.05, 3.63) is 52.6 Å². The van der Waals surface area contributed by atoms with E-state index in [-0.39, 0.29) is 5.69 Å². The number of rotatable bonds is 10. The van der Waals surface area contributed by atoms with Gasteiger partial charge >= 0.3 is 0 Å². The first-order chi connectivity index (χ1) is 13.6. The van der Waals surface area contributed by atoms with Gasteiger partial charge in [0.25, 0.3) is 5.69 Å². The van der Waals surface area contributed by atoms with E-state index < -0.39 is 15.7 Å². The molecule has 0 saturated heterocycles. The van der Waals surface area contributed by atoms with Gasteiger partial charge in [0.1, 0.15) is 0 Å². The minimum absolute atomic E-state index is 0.0153. The van der Waals surface area contributed by atoms with Crippen LogP contribution in [0.5, 0.6) is 0 Å². The summed E-state index contributed by atoms with van der Waals surface area (Å²) in [6, 6.07) is 12.4. The number of fused-ring (bicyclic) bond motifs is 2. The number of hydrogen-bond donors (Lipinski definition) is 0. The van der Waals surface area contributed by atoms with E-state index >= 15 is 0 Å². The van der Waals surface area contributed by atoms with E-state index in [4.69, 9.17) is 0 Å². The van der Waals surface area contributed by atoms with E-state index in [0.29, 0.717) is 4.90 Å². The fourth-order valence-electron chi connectivity index (χ4n) is 3.72. The van der Waals surface area contributed by atoms with Crippen LogP contribution in [-0.2, 0) is 10.8 Å². The van der Waals surface area contributed by atoms with Gasteiger partial charge in [-0.3, -0.25) is 10.1 Å². The summed E-state index contributed by atoms with van der Waals surface area (Å²) < 4.78 is 13.0. The molecule has 150 valence electrons. The van der Waals surface area contributed by atoms with Gasteiger partial charge in [-0.15, -0.1) is 0 Å². The van der Waals surface area contributed by atoms with Crippen molar-refractivity contribution in [3.63, 3.8) is 0 Å². The molecule has 0 saturated carbocycles. The van der Waals surface area contributed by atoms with Crippen molar-refractivity contribution in [2.45, 2.75) is 68.1 Å². The molecule has 6 heteroatoms. The third kappa shape index (κ3) is 4.61. The maximum atomic E-state index is 13.0. The predicted molar refractivity (Wildman–Crippen MR) is 114 cm³/mol. The highest BCUT2D eigenvalue weighted by atomic mass is 32.2. The molecule has 28 heavy (non-hydrogen) atoms. The summed E-state index contributed by atoms with van der Waals surface area (Å²) in [6.45, 7) is 3.06. The number of unbranched alkanes of at least 4 members (excludes halogenated alkanes) is 7. The molecule has 0 spiro atoms. The van der Waals surface area contributed by atoms with E-state index in [0.717, 1.165) is 35.7 Å². The summed E-state index contributed by atoms with van der Waals surface area (Å²) in [5.74, 6) is 0. The van der Waals surface area contributed by atoms with Gasteiger partial charge in [-0.2, -0.15) is 0 Å². The van der Waals surface area contributed by atoms with Gasteiger partial charge in [-0.25, -0.2) is 4.21 Å². The Morgan fingerprint density at radius 2 is 1.54 bits per heavy atom. The summed E-state index contributed by atoms with van der Waals surface area (Å²) in [7, 11) is -1.40. The third-order valence-electron chi connectivity index (χ3n) is 5.24. The number of non-ortho nitro benzene ring substituents is 1. The standard InChI is InChI=1S/C22H28N2O3S/c1-2-3-4-5-6-7-8-11-16-23-19-12-9-10-13-21(19)28(27)22-17-18(24(25)26)14-15-20(22)23/h9-10,12-15,17H,2-8,11,16H2,1H3. The molecule has 1 heterocycles. The SMILES string of the molecule is CCCCCCCCCCN1c2ccccc2S(=O)c2cc([N+](=O)[O-])ccc21. The second-order valence-corrected chi connectivity index (χ2v) is 8.69. The zero-order chi connectivity index (χ0) is 19.9. The van der Waals surface area contributed by atoms with Crippen molar-refractivity contribution in [3.8, 4) is 0 Å². The molecule has 0 amide bonds. The van der Waals surface area contributed by atoms with Gasteiger partial charge in [0.2, 0.25) is 0 Å². The average molecular weight is 401 g/mol. The van der Waals surface area contributed by atoms with Crippen LogP contribution in [0.4, 0.5) is 17.1 Å². The molecule has 1 aliphatic heterocycles. The number of nitro benzene ring substituents is 1. The van der Waals surface area contributed by atoms with Crippen LogP contribution in [0.15, 0.2) is 52.3 Å². The normalized spacial score (nSPS) is 15.2. The van der Waals surface area contributed by atoms with Gasteiger partial charge in [-0.05, 0) is 24.6 Å². The van der Waals surface area contributed by atoms with Gasteiger partial charge in [0.15, 0.2) is 0 Å². The van der Waals surface area contributed by atoms with E-state index in [1.807, 2.05) is 24.3 Å². The van der Waals surface area contributed by atoms with Crippen LogP contribution in [0.1, 0.15) is 58.3 Å². The Hall–Kier alpha value is -2.21. The number of anilines is 2. The fraction of sp³-hybridized carbons (Fsp3) is 0.455. The monoisotopic (exact) mass is 400 g/mol. The molecule has 2 aromatic carbocycles. The fourth-order valence-corrected chi connectivity index (χ4v) is 5.12. The van der Waals surface area contributed by atoms with Gasteiger partial charge in [-0.1, -0.05) is 64.0 Å². The molecule has 0 radical (unpaired) electrons. The minimum atomic E-state index is -1.40.